The Morgan fingerprint density at radius 3 is 2.65 bits per heavy atom. The van der Waals surface area contributed by atoms with Crippen molar-refractivity contribution in [1.82, 2.24) is 0 Å². The van der Waals surface area contributed by atoms with Crippen molar-refractivity contribution in [2.24, 2.45) is 0 Å². The van der Waals surface area contributed by atoms with E-state index in [1.165, 1.54) is 24.1 Å². The molecule has 0 aromatic heterocycles. The summed E-state index contributed by atoms with van der Waals surface area (Å²) in [4.78, 5) is 0. The third kappa shape index (κ3) is 4.03. The van der Waals surface area contributed by atoms with E-state index in [1.807, 2.05) is 6.07 Å². The lowest BCUT2D eigenvalue weighted by molar-refractivity contribution is 0.628. The number of halogens is 1. The van der Waals surface area contributed by atoms with Crippen molar-refractivity contribution < 1.29 is 4.39 Å². The minimum Gasteiger partial charge on any atom is -0.329 e. The highest BCUT2D eigenvalue weighted by atomic mass is 32.2. The second-order valence-electron chi connectivity index (χ2n) is 4.95. The Balaban J connectivity index is 2.44. The third-order valence-electron chi connectivity index (χ3n) is 3.35. The Kier molecular flexibility index (Phi) is 6.02. The zero-order valence-corrected chi connectivity index (χ0v) is 13.6. The molecule has 2 aromatic carbocycles. The molecule has 0 saturated carbocycles. The molecule has 1 N–H and O–H groups in total. The summed E-state index contributed by atoms with van der Waals surface area (Å²) in [7, 11) is 0. The first kappa shape index (κ1) is 16.9. The molecule has 0 heterocycles. The minimum atomic E-state index is -0.345. The first-order valence-corrected chi connectivity index (χ1v) is 8.30. The summed E-state index contributed by atoms with van der Waals surface area (Å²) in [5.41, 5.74) is 2.58. The van der Waals surface area contributed by atoms with Crippen LogP contribution in [0.25, 0.3) is 11.1 Å². The van der Waals surface area contributed by atoms with Gasteiger partial charge in [-0.15, -0.1) is 0 Å². The van der Waals surface area contributed by atoms with Crippen LogP contribution in [0.5, 0.6) is 0 Å². The van der Waals surface area contributed by atoms with Gasteiger partial charge in [0.25, 0.3) is 0 Å². The van der Waals surface area contributed by atoms with Crippen molar-refractivity contribution in [3.8, 4) is 23.3 Å². The van der Waals surface area contributed by atoms with E-state index < -0.39 is 0 Å². The molecule has 116 valence electrons. The van der Waals surface area contributed by atoms with E-state index >= 15 is 0 Å². The average Bonchev–Trinajstić information content (AvgIpc) is 2.58. The SMILES string of the molecule is CCCCSNc1cc(F)ccc1-c1cccc(C#N)c1C#N. The van der Waals surface area contributed by atoms with E-state index in [4.69, 9.17) is 5.26 Å². The molecule has 0 aliphatic rings. The topological polar surface area (TPSA) is 59.6 Å². The second kappa shape index (κ2) is 8.22. The predicted octanol–water partition coefficient (Wildman–Crippen LogP) is 5.10. The van der Waals surface area contributed by atoms with Crippen LogP contribution in [-0.4, -0.2) is 5.75 Å². The zero-order valence-electron chi connectivity index (χ0n) is 12.8. The average molecular weight is 325 g/mol. The maximum Gasteiger partial charge on any atom is 0.125 e. The summed E-state index contributed by atoms with van der Waals surface area (Å²) < 4.78 is 16.8. The lowest BCUT2D eigenvalue weighted by Crippen LogP contribution is -1.96. The lowest BCUT2D eigenvalue weighted by atomic mass is 9.95. The highest BCUT2D eigenvalue weighted by molar-refractivity contribution is 8.00. The van der Waals surface area contributed by atoms with Crippen LogP contribution in [0.2, 0.25) is 0 Å². The van der Waals surface area contributed by atoms with Gasteiger partial charge in [-0.25, -0.2) is 4.39 Å². The summed E-state index contributed by atoms with van der Waals surface area (Å²) in [6.07, 6.45) is 2.16. The number of nitriles is 2. The number of benzene rings is 2. The predicted molar refractivity (Wildman–Crippen MR) is 92.3 cm³/mol. The standard InChI is InChI=1S/C18H16FN3S/c1-2-3-9-23-22-18-10-14(19)7-8-16(18)15-6-4-5-13(11-20)17(15)12-21/h4-8,10,22H,2-3,9H2,1H3. The summed E-state index contributed by atoms with van der Waals surface area (Å²) in [5.74, 6) is 0.567. The first-order chi connectivity index (χ1) is 11.2. The van der Waals surface area contributed by atoms with Gasteiger partial charge in [-0.05, 0) is 30.7 Å². The van der Waals surface area contributed by atoms with Crippen molar-refractivity contribution in [2.45, 2.75) is 19.8 Å². The number of hydrogen-bond donors (Lipinski definition) is 1. The van der Waals surface area contributed by atoms with E-state index in [0.29, 0.717) is 27.9 Å². The maximum atomic E-state index is 13.6. The molecule has 5 heteroatoms. The Bertz CT molecular complexity index is 775. The van der Waals surface area contributed by atoms with Gasteiger partial charge in [0.05, 0.1) is 16.8 Å². The van der Waals surface area contributed by atoms with Gasteiger partial charge in [0.2, 0.25) is 0 Å². The van der Waals surface area contributed by atoms with E-state index in [1.54, 1.807) is 24.3 Å². The van der Waals surface area contributed by atoms with Crippen LogP contribution in [-0.2, 0) is 0 Å². The van der Waals surface area contributed by atoms with E-state index in [-0.39, 0.29) is 5.82 Å². The maximum absolute atomic E-state index is 13.6. The van der Waals surface area contributed by atoms with E-state index in [2.05, 4.69) is 17.7 Å². The van der Waals surface area contributed by atoms with Crippen LogP contribution in [0.15, 0.2) is 36.4 Å². The molecule has 0 aliphatic heterocycles. The normalized spacial score (nSPS) is 9.91. The van der Waals surface area contributed by atoms with E-state index in [0.717, 1.165) is 18.6 Å². The smallest absolute Gasteiger partial charge is 0.125 e. The molecule has 2 rings (SSSR count). The molecule has 0 radical (unpaired) electrons. The number of nitrogens with one attached hydrogen (secondary N) is 1. The number of hydrogen-bond acceptors (Lipinski definition) is 4. The van der Waals surface area contributed by atoms with Crippen molar-refractivity contribution >= 4 is 17.6 Å². The number of nitrogens with zero attached hydrogens (tertiary/aromatic N) is 2. The summed E-state index contributed by atoms with van der Waals surface area (Å²) in [5, 5.41) is 18.5. The van der Waals surface area contributed by atoms with Gasteiger partial charge in [-0.2, -0.15) is 10.5 Å². The number of rotatable bonds is 6. The largest absolute Gasteiger partial charge is 0.329 e. The van der Waals surface area contributed by atoms with Crippen molar-refractivity contribution in [3.63, 3.8) is 0 Å². The van der Waals surface area contributed by atoms with Crippen LogP contribution >= 0.6 is 11.9 Å². The van der Waals surface area contributed by atoms with Gasteiger partial charge in [0, 0.05) is 16.9 Å². The molecule has 0 fully saturated rings. The summed E-state index contributed by atoms with van der Waals surface area (Å²) >= 11 is 1.51. The molecule has 3 nitrogen and oxygen atoms in total. The fourth-order valence-electron chi connectivity index (χ4n) is 2.17. The Labute approximate surface area is 139 Å². The Morgan fingerprint density at radius 1 is 1.13 bits per heavy atom. The van der Waals surface area contributed by atoms with E-state index in [9.17, 15) is 9.65 Å². The molecule has 2 aromatic rings. The molecule has 0 unspecified atom stereocenters. The van der Waals surface area contributed by atoms with Gasteiger partial charge in [-0.1, -0.05) is 37.4 Å². The first-order valence-electron chi connectivity index (χ1n) is 7.32. The summed E-state index contributed by atoms with van der Waals surface area (Å²) in [6.45, 7) is 2.11. The molecule has 0 atom stereocenters. The lowest BCUT2D eigenvalue weighted by Gasteiger charge is -2.13. The molecular weight excluding hydrogens is 309 g/mol. The highest BCUT2D eigenvalue weighted by Gasteiger charge is 2.13. The molecule has 0 amide bonds. The van der Waals surface area contributed by atoms with Crippen molar-refractivity contribution in [2.75, 3.05) is 10.5 Å². The van der Waals surface area contributed by atoms with Crippen molar-refractivity contribution in [3.05, 3.63) is 53.3 Å². The Morgan fingerprint density at radius 2 is 1.96 bits per heavy atom. The van der Waals surface area contributed by atoms with Gasteiger partial charge in [0.1, 0.15) is 18.0 Å². The van der Waals surface area contributed by atoms with Gasteiger partial charge >= 0.3 is 0 Å². The molecule has 0 bridgehead atoms. The Hall–Kier alpha value is -2.50. The zero-order chi connectivity index (χ0) is 16.7. The number of anilines is 1. The fourth-order valence-corrected chi connectivity index (χ4v) is 3.03. The van der Waals surface area contributed by atoms with Crippen LogP contribution in [0.4, 0.5) is 10.1 Å². The van der Waals surface area contributed by atoms with Gasteiger partial charge < -0.3 is 4.72 Å². The van der Waals surface area contributed by atoms with Crippen molar-refractivity contribution in [1.29, 1.82) is 10.5 Å². The van der Waals surface area contributed by atoms with Gasteiger partial charge in [0.15, 0.2) is 0 Å². The third-order valence-corrected chi connectivity index (χ3v) is 4.21. The minimum absolute atomic E-state index is 0.309. The molecule has 23 heavy (non-hydrogen) atoms. The monoisotopic (exact) mass is 325 g/mol. The van der Waals surface area contributed by atoms with Crippen LogP contribution in [0.3, 0.4) is 0 Å². The molecule has 0 aliphatic carbocycles. The van der Waals surface area contributed by atoms with Gasteiger partial charge in [-0.3, -0.25) is 0 Å². The van der Waals surface area contributed by atoms with Crippen LogP contribution in [0, 0.1) is 28.5 Å². The highest BCUT2D eigenvalue weighted by Crippen LogP contribution is 2.33. The van der Waals surface area contributed by atoms with Crippen LogP contribution in [0.1, 0.15) is 30.9 Å². The molecule has 0 saturated heterocycles. The molecule has 0 spiro atoms. The quantitative estimate of drug-likeness (QED) is 0.593. The molecular formula is C18H16FN3S. The fraction of sp³-hybridized carbons (Fsp3) is 0.222. The number of unbranched alkanes of at least 4 members (excludes halogenated alkanes) is 1. The second-order valence-corrected chi connectivity index (χ2v) is 5.85. The van der Waals surface area contributed by atoms with Crippen LogP contribution < -0.4 is 4.72 Å². The summed E-state index contributed by atoms with van der Waals surface area (Å²) in [6, 6.07) is 13.6.